The Kier molecular flexibility index (Phi) is 6.16. The highest BCUT2D eigenvalue weighted by Gasteiger charge is 2.33. The number of hydrogen-bond acceptors (Lipinski definition) is 6. The van der Waals surface area contributed by atoms with Gasteiger partial charge in [-0.1, -0.05) is 29.8 Å². The van der Waals surface area contributed by atoms with Crippen LogP contribution in [0.15, 0.2) is 48.5 Å². The van der Waals surface area contributed by atoms with E-state index in [9.17, 15) is 0 Å². The van der Waals surface area contributed by atoms with E-state index in [2.05, 4.69) is 64.3 Å². The lowest BCUT2D eigenvalue weighted by molar-refractivity contribution is 0.191. The summed E-state index contributed by atoms with van der Waals surface area (Å²) in [5.41, 5.74) is 2.09. The van der Waals surface area contributed by atoms with Crippen LogP contribution in [0.4, 0.5) is 5.69 Å². The molecule has 0 aliphatic carbocycles. The van der Waals surface area contributed by atoms with Crippen LogP contribution in [0.2, 0.25) is 5.02 Å². The molecule has 1 fully saturated rings. The Hall–Kier alpha value is -2.64. The first kappa shape index (κ1) is 21.6. The number of rotatable bonds is 5. The lowest BCUT2D eigenvalue weighted by atomic mass is 10.0. The van der Waals surface area contributed by atoms with Crippen molar-refractivity contribution in [3.05, 3.63) is 64.9 Å². The number of methoxy groups -OCH3 is 1. The monoisotopic (exact) mass is 440 g/mol. The predicted molar refractivity (Wildman–Crippen MR) is 123 cm³/mol. The van der Waals surface area contributed by atoms with Gasteiger partial charge in [-0.05, 0) is 67.1 Å². The Labute approximate surface area is 188 Å². The fourth-order valence-corrected chi connectivity index (χ4v) is 4.25. The molecule has 1 aliphatic heterocycles. The zero-order chi connectivity index (χ0) is 22.0. The van der Waals surface area contributed by atoms with Crippen molar-refractivity contribution < 1.29 is 4.74 Å². The van der Waals surface area contributed by atoms with Crippen molar-refractivity contribution in [3.63, 3.8) is 0 Å². The van der Waals surface area contributed by atoms with Gasteiger partial charge in [-0.15, -0.1) is 5.10 Å². The molecule has 1 aromatic heterocycles. The van der Waals surface area contributed by atoms with Gasteiger partial charge in [0.2, 0.25) is 0 Å². The van der Waals surface area contributed by atoms with E-state index < -0.39 is 0 Å². The van der Waals surface area contributed by atoms with Crippen LogP contribution in [-0.4, -0.2) is 58.4 Å². The fourth-order valence-electron chi connectivity index (χ4n) is 4.06. The van der Waals surface area contributed by atoms with E-state index in [1.54, 1.807) is 7.11 Å². The zero-order valence-corrected chi connectivity index (χ0v) is 19.3. The summed E-state index contributed by atoms with van der Waals surface area (Å²) < 4.78 is 7.29. The molecule has 1 saturated heterocycles. The molecule has 4 rings (SSSR count). The molecule has 3 aromatic rings. The molecule has 164 valence electrons. The molecule has 2 heterocycles. The summed E-state index contributed by atoms with van der Waals surface area (Å²) in [6, 6.07) is 16.2. The standard InChI is InChI=1S/C23H29ClN6O/c1-23(2,3)30-22(25-26-27-30)21(17-8-10-20(31-4)11-9-17)29-14-12-28(13-15-29)19-7-5-6-18(24)16-19/h5-11,16,21H,12-15H2,1-4H3. The molecule has 0 spiro atoms. The number of nitrogens with zero attached hydrogens (tertiary/aromatic N) is 6. The van der Waals surface area contributed by atoms with Crippen LogP contribution in [0.3, 0.4) is 0 Å². The second-order valence-corrected chi connectivity index (χ2v) is 9.23. The molecule has 0 N–H and O–H groups in total. The molecule has 1 aliphatic rings. The number of tetrazole rings is 1. The maximum absolute atomic E-state index is 6.20. The van der Waals surface area contributed by atoms with E-state index in [-0.39, 0.29) is 11.6 Å². The highest BCUT2D eigenvalue weighted by molar-refractivity contribution is 6.30. The highest BCUT2D eigenvalue weighted by atomic mass is 35.5. The average molecular weight is 441 g/mol. The van der Waals surface area contributed by atoms with E-state index in [0.717, 1.165) is 54.0 Å². The van der Waals surface area contributed by atoms with Gasteiger partial charge in [-0.3, -0.25) is 4.90 Å². The predicted octanol–water partition coefficient (Wildman–Crippen LogP) is 4.00. The van der Waals surface area contributed by atoms with Gasteiger partial charge in [0.25, 0.3) is 0 Å². The Balaban J connectivity index is 1.63. The quantitative estimate of drug-likeness (QED) is 0.597. The first-order valence-corrected chi connectivity index (χ1v) is 10.9. The number of benzene rings is 2. The molecule has 0 saturated carbocycles. The van der Waals surface area contributed by atoms with E-state index in [1.165, 1.54) is 0 Å². The molecule has 0 bridgehead atoms. The third-order valence-corrected chi connectivity index (χ3v) is 5.89. The van der Waals surface area contributed by atoms with Crippen molar-refractivity contribution in [1.29, 1.82) is 0 Å². The summed E-state index contributed by atoms with van der Waals surface area (Å²) >= 11 is 6.20. The Bertz CT molecular complexity index is 1010. The van der Waals surface area contributed by atoms with Crippen LogP contribution in [0, 0.1) is 0 Å². The maximum atomic E-state index is 6.20. The minimum atomic E-state index is -0.216. The second-order valence-electron chi connectivity index (χ2n) is 8.80. The van der Waals surface area contributed by atoms with E-state index >= 15 is 0 Å². The van der Waals surface area contributed by atoms with Crippen LogP contribution >= 0.6 is 11.6 Å². The first-order chi connectivity index (χ1) is 14.9. The third kappa shape index (κ3) is 4.67. The van der Waals surface area contributed by atoms with Gasteiger partial charge in [0.1, 0.15) is 5.75 Å². The summed E-state index contributed by atoms with van der Waals surface area (Å²) in [6.45, 7) is 9.95. The van der Waals surface area contributed by atoms with Crippen molar-refractivity contribution in [3.8, 4) is 5.75 Å². The number of piperazine rings is 1. The molecule has 1 atom stereocenters. The molecule has 0 amide bonds. The number of anilines is 1. The molecule has 7 nitrogen and oxygen atoms in total. The number of aromatic nitrogens is 4. The SMILES string of the molecule is COc1ccc(C(c2nnnn2C(C)(C)C)N2CCN(c3cccc(Cl)c3)CC2)cc1. The highest BCUT2D eigenvalue weighted by Crippen LogP contribution is 2.32. The van der Waals surface area contributed by atoms with E-state index in [4.69, 9.17) is 16.3 Å². The van der Waals surface area contributed by atoms with Gasteiger partial charge in [-0.2, -0.15) is 0 Å². The number of hydrogen-bond donors (Lipinski definition) is 0. The third-order valence-electron chi connectivity index (χ3n) is 5.66. The molecule has 8 heteroatoms. The van der Waals surface area contributed by atoms with Gasteiger partial charge in [0.05, 0.1) is 18.7 Å². The normalized spacial score (nSPS) is 16.4. The van der Waals surface area contributed by atoms with Gasteiger partial charge in [0.15, 0.2) is 5.82 Å². The first-order valence-electron chi connectivity index (χ1n) is 10.5. The summed E-state index contributed by atoms with van der Waals surface area (Å²) in [6.07, 6.45) is 0. The molecular formula is C23H29ClN6O. The van der Waals surface area contributed by atoms with Gasteiger partial charge in [-0.25, -0.2) is 4.68 Å². The van der Waals surface area contributed by atoms with Gasteiger partial charge in [0, 0.05) is 36.9 Å². The van der Waals surface area contributed by atoms with Crippen LogP contribution < -0.4 is 9.64 Å². The lowest BCUT2D eigenvalue weighted by Gasteiger charge is -2.40. The minimum absolute atomic E-state index is 0.0401. The van der Waals surface area contributed by atoms with Crippen LogP contribution in [0.5, 0.6) is 5.75 Å². The van der Waals surface area contributed by atoms with E-state index in [1.807, 2.05) is 35.0 Å². The summed E-state index contributed by atoms with van der Waals surface area (Å²) in [7, 11) is 1.68. The second kappa shape index (κ2) is 8.85. The smallest absolute Gasteiger partial charge is 0.173 e. The Morgan fingerprint density at radius 1 is 1.00 bits per heavy atom. The lowest BCUT2D eigenvalue weighted by Crippen LogP contribution is -2.48. The van der Waals surface area contributed by atoms with Crippen molar-refractivity contribution in [2.75, 3.05) is 38.2 Å². The summed E-state index contributed by atoms with van der Waals surface area (Å²) in [5.74, 6) is 1.69. The summed E-state index contributed by atoms with van der Waals surface area (Å²) in [5, 5.41) is 13.6. The van der Waals surface area contributed by atoms with Crippen molar-refractivity contribution in [1.82, 2.24) is 25.1 Å². The molecule has 31 heavy (non-hydrogen) atoms. The van der Waals surface area contributed by atoms with Crippen molar-refractivity contribution in [2.45, 2.75) is 32.4 Å². The molecule has 0 radical (unpaired) electrons. The van der Waals surface area contributed by atoms with Crippen LogP contribution in [-0.2, 0) is 5.54 Å². The summed E-state index contributed by atoms with van der Waals surface area (Å²) in [4.78, 5) is 4.83. The Morgan fingerprint density at radius 3 is 2.32 bits per heavy atom. The zero-order valence-electron chi connectivity index (χ0n) is 18.5. The Morgan fingerprint density at radius 2 is 1.71 bits per heavy atom. The number of ether oxygens (including phenoxy) is 1. The molecule has 2 aromatic carbocycles. The number of halogens is 1. The minimum Gasteiger partial charge on any atom is -0.497 e. The molecule has 1 unspecified atom stereocenters. The van der Waals surface area contributed by atoms with Crippen LogP contribution in [0.1, 0.15) is 38.2 Å². The van der Waals surface area contributed by atoms with Gasteiger partial charge >= 0.3 is 0 Å². The molecular weight excluding hydrogens is 412 g/mol. The largest absolute Gasteiger partial charge is 0.497 e. The topological polar surface area (TPSA) is 59.3 Å². The maximum Gasteiger partial charge on any atom is 0.173 e. The average Bonchev–Trinajstić information content (AvgIpc) is 3.25. The fraction of sp³-hybridized carbons (Fsp3) is 0.435. The van der Waals surface area contributed by atoms with Crippen molar-refractivity contribution in [2.24, 2.45) is 0 Å². The van der Waals surface area contributed by atoms with E-state index in [0.29, 0.717) is 0 Å². The van der Waals surface area contributed by atoms with Gasteiger partial charge < -0.3 is 9.64 Å². The van der Waals surface area contributed by atoms with Crippen molar-refractivity contribution >= 4 is 17.3 Å². The van der Waals surface area contributed by atoms with Crippen LogP contribution in [0.25, 0.3) is 0 Å².